The number of carbonyl (C=O) groups excluding carboxylic acids is 1. The average Bonchev–Trinajstić information content (AvgIpc) is 2.26. The number of carboxylic acids is 1. The molecule has 0 amide bonds. The van der Waals surface area contributed by atoms with Crippen LogP contribution in [-0.2, 0) is 20.7 Å². The van der Waals surface area contributed by atoms with E-state index in [1.54, 1.807) is 0 Å². The van der Waals surface area contributed by atoms with E-state index in [0.717, 1.165) is 5.56 Å². The van der Waals surface area contributed by atoms with Gasteiger partial charge in [0.25, 0.3) is 0 Å². The lowest BCUT2D eigenvalue weighted by atomic mass is 9.98. The Bertz CT molecular complexity index is 409. The molecule has 4 nitrogen and oxygen atoms in total. The van der Waals surface area contributed by atoms with Crippen molar-refractivity contribution in [3.05, 3.63) is 35.9 Å². The summed E-state index contributed by atoms with van der Waals surface area (Å²) in [6.07, 6.45) is 0.320. The summed E-state index contributed by atoms with van der Waals surface area (Å²) in [5, 5.41) is 8.49. The smallest absolute Gasteiger partial charge is 0.306 e. The molecular weight excluding hydrogens is 232 g/mol. The number of benzene rings is 1. The molecule has 4 heteroatoms. The lowest BCUT2D eigenvalue weighted by molar-refractivity contribution is -0.158. The number of esters is 1. The highest BCUT2D eigenvalue weighted by atomic mass is 16.6. The largest absolute Gasteiger partial charge is 0.481 e. The molecule has 1 N–H and O–H groups in total. The second-order valence-corrected chi connectivity index (χ2v) is 4.79. The monoisotopic (exact) mass is 250 g/mol. The summed E-state index contributed by atoms with van der Waals surface area (Å²) >= 11 is 0. The maximum atomic E-state index is 11.5. The summed E-state index contributed by atoms with van der Waals surface area (Å²) in [4.78, 5) is 21.8. The van der Waals surface area contributed by atoms with Crippen molar-refractivity contribution in [1.82, 2.24) is 0 Å². The maximum Gasteiger partial charge on any atom is 0.306 e. The van der Waals surface area contributed by atoms with Gasteiger partial charge in [-0.05, 0) is 19.4 Å². The Morgan fingerprint density at radius 1 is 1.17 bits per heavy atom. The molecule has 0 heterocycles. The Labute approximate surface area is 107 Å². The van der Waals surface area contributed by atoms with Crippen molar-refractivity contribution in [2.75, 3.05) is 0 Å². The standard InChI is InChI=1S/C14H18O4/c1-14(2,10-11-6-4-3-5-7-11)18-13(17)9-8-12(15)16/h3-7H,8-10H2,1-2H3,(H,15,16). The first-order chi connectivity index (χ1) is 8.39. The van der Waals surface area contributed by atoms with E-state index in [9.17, 15) is 9.59 Å². The molecule has 1 aromatic rings. The van der Waals surface area contributed by atoms with E-state index in [1.807, 2.05) is 44.2 Å². The minimum absolute atomic E-state index is 0.0897. The zero-order valence-corrected chi connectivity index (χ0v) is 10.7. The molecule has 0 fully saturated rings. The van der Waals surface area contributed by atoms with Crippen molar-refractivity contribution in [3.8, 4) is 0 Å². The van der Waals surface area contributed by atoms with Gasteiger partial charge < -0.3 is 9.84 Å². The summed E-state index contributed by atoms with van der Waals surface area (Å²) in [6, 6.07) is 9.71. The van der Waals surface area contributed by atoms with Gasteiger partial charge in [-0.2, -0.15) is 0 Å². The molecule has 0 aliphatic rings. The van der Waals surface area contributed by atoms with Gasteiger partial charge in [-0.1, -0.05) is 30.3 Å². The van der Waals surface area contributed by atoms with Crippen LogP contribution in [0.5, 0.6) is 0 Å². The fourth-order valence-electron chi connectivity index (χ4n) is 1.69. The fourth-order valence-corrected chi connectivity index (χ4v) is 1.69. The van der Waals surface area contributed by atoms with Crippen LogP contribution in [0.1, 0.15) is 32.3 Å². The van der Waals surface area contributed by atoms with E-state index in [-0.39, 0.29) is 12.8 Å². The van der Waals surface area contributed by atoms with Gasteiger partial charge in [-0.3, -0.25) is 9.59 Å². The first kappa shape index (κ1) is 14.2. The van der Waals surface area contributed by atoms with Crippen LogP contribution in [0, 0.1) is 0 Å². The van der Waals surface area contributed by atoms with Crippen LogP contribution in [0.3, 0.4) is 0 Å². The normalized spacial score (nSPS) is 11.0. The Morgan fingerprint density at radius 3 is 2.33 bits per heavy atom. The molecule has 1 aromatic carbocycles. The molecule has 0 unspecified atom stereocenters. The second kappa shape index (κ2) is 6.19. The van der Waals surface area contributed by atoms with Crippen LogP contribution < -0.4 is 0 Å². The van der Waals surface area contributed by atoms with E-state index >= 15 is 0 Å². The van der Waals surface area contributed by atoms with Crippen LogP contribution in [0.25, 0.3) is 0 Å². The van der Waals surface area contributed by atoms with Crippen molar-refractivity contribution >= 4 is 11.9 Å². The topological polar surface area (TPSA) is 63.6 Å². The van der Waals surface area contributed by atoms with Gasteiger partial charge in [0, 0.05) is 6.42 Å². The first-order valence-electron chi connectivity index (χ1n) is 5.87. The number of hydrogen-bond acceptors (Lipinski definition) is 3. The lowest BCUT2D eigenvalue weighted by Crippen LogP contribution is -2.30. The Hall–Kier alpha value is -1.84. The lowest BCUT2D eigenvalue weighted by Gasteiger charge is -2.25. The van der Waals surface area contributed by atoms with Gasteiger partial charge >= 0.3 is 11.9 Å². The summed E-state index contributed by atoms with van der Waals surface area (Å²) in [5.74, 6) is -1.47. The molecular formula is C14H18O4. The third-order valence-corrected chi connectivity index (χ3v) is 2.41. The van der Waals surface area contributed by atoms with Gasteiger partial charge in [0.05, 0.1) is 12.8 Å². The SMILES string of the molecule is CC(C)(Cc1ccccc1)OC(=O)CCC(=O)O. The highest BCUT2D eigenvalue weighted by Crippen LogP contribution is 2.18. The van der Waals surface area contributed by atoms with Crippen molar-refractivity contribution < 1.29 is 19.4 Å². The Balaban J connectivity index is 2.49. The molecule has 0 saturated carbocycles. The molecule has 0 aliphatic heterocycles. The number of hydrogen-bond donors (Lipinski definition) is 1. The number of carbonyl (C=O) groups is 2. The summed E-state index contributed by atoms with van der Waals surface area (Å²) < 4.78 is 5.29. The van der Waals surface area contributed by atoms with E-state index in [4.69, 9.17) is 9.84 Å². The minimum atomic E-state index is -0.993. The zero-order chi connectivity index (χ0) is 13.6. The summed E-state index contributed by atoms with van der Waals surface area (Å²) in [7, 11) is 0. The van der Waals surface area contributed by atoms with Crippen molar-refractivity contribution in [2.24, 2.45) is 0 Å². The molecule has 0 atom stereocenters. The van der Waals surface area contributed by atoms with E-state index in [2.05, 4.69) is 0 Å². The third kappa shape index (κ3) is 5.48. The average molecular weight is 250 g/mol. The molecule has 0 aromatic heterocycles. The molecule has 0 radical (unpaired) electrons. The first-order valence-corrected chi connectivity index (χ1v) is 5.87. The Kier molecular flexibility index (Phi) is 4.89. The van der Waals surface area contributed by atoms with Crippen LogP contribution in [0.4, 0.5) is 0 Å². The quantitative estimate of drug-likeness (QED) is 0.787. The third-order valence-electron chi connectivity index (χ3n) is 2.41. The van der Waals surface area contributed by atoms with Crippen molar-refractivity contribution in [3.63, 3.8) is 0 Å². The molecule has 0 bridgehead atoms. The van der Waals surface area contributed by atoms with E-state index in [1.165, 1.54) is 0 Å². The van der Waals surface area contributed by atoms with Crippen LogP contribution in [0.2, 0.25) is 0 Å². The molecule has 0 spiro atoms. The molecule has 1 rings (SSSR count). The minimum Gasteiger partial charge on any atom is -0.481 e. The van der Waals surface area contributed by atoms with Gasteiger partial charge in [0.1, 0.15) is 5.60 Å². The van der Waals surface area contributed by atoms with Crippen molar-refractivity contribution in [1.29, 1.82) is 0 Å². The highest BCUT2D eigenvalue weighted by molar-refractivity contribution is 5.76. The highest BCUT2D eigenvalue weighted by Gasteiger charge is 2.23. The molecule has 0 aliphatic carbocycles. The van der Waals surface area contributed by atoms with Crippen LogP contribution in [0.15, 0.2) is 30.3 Å². The van der Waals surface area contributed by atoms with Gasteiger partial charge in [0.15, 0.2) is 0 Å². The number of aliphatic carboxylic acids is 1. The maximum absolute atomic E-state index is 11.5. The van der Waals surface area contributed by atoms with Gasteiger partial charge in [-0.15, -0.1) is 0 Å². The van der Waals surface area contributed by atoms with Gasteiger partial charge in [-0.25, -0.2) is 0 Å². The summed E-state index contributed by atoms with van der Waals surface area (Å²) in [6.45, 7) is 3.64. The molecule has 18 heavy (non-hydrogen) atoms. The van der Waals surface area contributed by atoms with E-state index in [0.29, 0.717) is 6.42 Å². The molecule has 98 valence electrons. The zero-order valence-electron chi connectivity index (χ0n) is 10.7. The van der Waals surface area contributed by atoms with Gasteiger partial charge in [0.2, 0.25) is 0 Å². The summed E-state index contributed by atoms with van der Waals surface area (Å²) in [5.41, 5.74) is 0.449. The number of carboxylic acid groups (broad SMARTS) is 1. The second-order valence-electron chi connectivity index (χ2n) is 4.79. The van der Waals surface area contributed by atoms with Crippen LogP contribution >= 0.6 is 0 Å². The number of ether oxygens (including phenoxy) is 1. The predicted octanol–water partition coefficient (Wildman–Crippen LogP) is 2.42. The van der Waals surface area contributed by atoms with E-state index < -0.39 is 17.5 Å². The Morgan fingerprint density at radius 2 is 1.78 bits per heavy atom. The van der Waals surface area contributed by atoms with Crippen molar-refractivity contribution in [2.45, 2.75) is 38.7 Å². The van der Waals surface area contributed by atoms with Crippen LogP contribution in [-0.4, -0.2) is 22.6 Å². The molecule has 0 saturated heterocycles. The predicted molar refractivity (Wildman–Crippen MR) is 67.2 cm³/mol. The fraction of sp³-hybridized carbons (Fsp3) is 0.429. The number of rotatable bonds is 6.